The molecule has 4 heteroatoms. The molecule has 2 rings (SSSR count). The number of hydrogen-bond acceptors (Lipinski definition) is 4. The first-order chi connectivity index (χ1) is 7.79. The summed E-state index contributed by atoms with van der Waals surface area (Å²) in [5.74, 6) is 0.560. The fourth-order valence-corrected chi connectivity index (χ4v) is 1.53. The molecular weight excluding hydrogens is 206 g/mol. The van der Waals surface area contributed by atoms with Gasteiger partial charge in [-0.25, -0.2) is 0 Å². The monoisotopic (exact) mass is 219 g/mol. The van der Waals surface area contributed by atoms with Crippen molar-refractivity contribution >= 4 is 0 Å². The number of aliphatic hydroxyl groups excluding tert-OH is 1. The summed E-state index contributed by atoms with van der Waals surface area (Å²) in [4.78, 5) is 0. The average Bonchev–Trinajstić information content (AvgIpc) is 2.29. The fraction of sp³-hybridized carbons (Fsp3) is 0.417. The Morgan fingerprint density at radius 3 is 2.75 bits per heavy atom. The van der Waals surface area contributed by atoms with Crippen LogP contribution < -0.4 is 4.74 Å². The summed E-state index contributed by atoms with van der Waals surface area (Å²) in [5, 5.41) is 18.1. The first-order valence-corrected chi connectivity index (χ1v) is 5.10. The Morgan fingerprint density at radius 2 is 2.19 bits per heavy atom. The van der Waals surface area contributed by atoms with E-state index in [9.17, 15) is 5.11 Å². The van der Waals surface area contributed by atoms with E-state index in [1.54, 1.807) is 18.2 Å². The molecule has 1 aliphatic heterocycles. The molecule has 0 unspecified atom stereocenters. The van der Waals surface area contributed by atoms with Gasteiger partial charge in [-0.05, 0) is 12.1 Å². The molecule has 0 saturated carbocycles. The summed E-state index contributed by atoms with van der Waals surface area (Å²) in [5.41, 5.74) is 0.221. The zero-order valence-corrected chi connectivity index (χ0v) is 8.85. The molecule has 0 amide bonds. The zero-order valence-electron chi connectivity index (χ0n) is 8.85. The summed E-state index contributed by atoms with van der Waals surface area (Å²) in [6.07, 6.45) is 0. The predicted molar refractivity (Wildman–Crippen MR) is 57.0 cm³/mol. The predicted octanol–water partition coefficient (Wildman–Crippen LogP) is 0.946. The lowest BCUT2D eigenvalue weighted by Crippen LogP contribution is -2.49. The maximum atomic E-state index is 9.22. The first-order valence-electron chi connectivity index (χ1n) is 5.10. The molecule has 1 aromatic rings. The van der Waals surface area contributed by atoms with Gasteiger partial charge in [-0.1, -0.05) is 12.1 Å². The van der Waals surface area contributed by atoms with Crippen molar-refractivity contribution in [2.24, 2.45) is 5.41 Å². The molecule has 1 N–H and O–H groups in total. The van der Waals surface area contributed by atoms with E-state index in [1.165, 1.54) is 0 Å². The Bertz CT molecular complexity index is 401. The Balaban J connectivity index is 2.02. The standard InChI is InChI=1S/C12H13NO3/c13-5-10-3-1-2-4-11(10)16-9-12(6-14)7-15-8-12/h1-4,14H,6-9H2. The molecular formula is C12H13NO3. The highest BCUT2D eigenvalue weighted by atomic mass is 16.5. The minimum Gasteiger partial charge on any atom is -0.491 e. The number of para-hydroxylation sites is 1. The van der Waals surface area contributed by atoms with Gasteiger partial charge >= 0.3 is 0 Å². The normalized spacial score (nSPS) is 17.2. The van der Waals surface area contributed by atoms with Crippen LogP contribution in [0.5, 0.6) is 5.75 Å². The van der Waals surface area contributed by atoms with Gasteiger partial charge in [-0.2, -0.15) is 5.26 Å². The number of aliphatic hydroxyl groups is 1. The molecule has 16 heavy (non-hydrogen) atoms. The third kappa shape index (κ3) is 2.01. The molecule has 1 aliphatic rings. The number of hydrogen-bond donors (Lipinski definition) is 1. The lowest BCUT2D eigenvalue weighted by atomic mass is 9.88. The minimum atomic E-state index is -0.289. The maximum Gasteiger partial charge on any atom is 0.137 e. The van der Waals surface area contributed by atoms with Crippen molar-refractivity contribution in [3.63, 3.8) is 0 Å². The molecule has 0 aliphatic carbocycles. The summed E-state index contributed by atoms with van der Waals surface area (Å²) in [6, 6.07) is 9.14. The molecule has 1 heterocycles. The molecule has 0 spiro atoms. The third-order valence-corrected chi connectivity index (χ3v) is 2.69. The Kier molecular flexibility index (Phi) is 3.09. The van der Waals surface area contributed by atoms with E-state index in [-0.39, 0.29) is 12.0 Å². The van der Waals surface area contributed by atoms with Crippen LogP contribution in [0.4, 0.5) is 0 Å². The van der Waals surface area contributed by atoms with Crippen molar-refractivity contribution in [1.82, 2.24) is 0 Å². The second-order valence-corrected chi connectivity index (χ2v) is 4.05. The van der Waals surface area contributed by atoms with Crippen molar-refractivity contribution in [1.29, 1.82) is 5.26 Å². The van der Waals surface area contributed by atoms with Gasteiger partial charge < -0.3 is 14.6 Å². The highest BCUT2D eigenvalue weighted by molar-refractivity contribution is 5.42. The van der Waals surface area contributed by atoms with Crippen molar-refractivity contribution in [3.05, 3.63) is 29.8 Å². The number of rotatable bonds is 4. The Morgan fingerprint density at radius 1 is 1.44 bits per heavy atom. The topological polar surface area (TPSA) is 62.5 Å². The largest absolute Gasteiger partial charge is 0.491 e. The van der Waals surface area contributed by atoms with Crippen LogP contribution in [-0.2, 0) is 4.74 Å². The van der Waals surface area contributed by atoms with Crippen molar-refractivity contribution in [3.8, 4) is 11.8 Å². The highest BCUT2D eigenvalue weighted by Gasteiger charge is 2.39. The number of nitriles is 1. The van der Waals surface area contributed by atoms with Gasteiger partial charge in [0.1, 0.15) is 18.4 Å². The molecule has 0 radical (unpaired) electrons. The lowest BCUT2D eigenvalue weighted by Gasteiger charge is -2.39. The van der Waals surface area contributed by atoms with Crippen LogP contribution in [0.2, 0.25) is 0 Å². The molecule has 4 nitrogen and oxygen atoms in total. The summed E-state index contributed by atoms with van der Waals surface area (Å²) in [7, 11) is 0. The minimum absolute atomic E-state index is 0.0434. The van der Waals surface area contributed by atoms with E-state index >= 15 is 0 Å². The van der Waals surface area contributed by atoms with Crippen LogP contribution in [0.3, 0.4) is 0 Å². The number of ether oxygens (including phenoxy) is 2. The smallest absolute Gasteiger partial charge is 0.137 e. The summed E-state index contributed by atoms with van der Waals surface area (Å²) >= 11 is 0. The SMILES string of the molecule is N#Cc1ccccc1OCC1(CO)COC1. The summed E-state index contributed by atoms with van der Waals surface area (Å²) < 4.78 is 10.6. The Hall–Kier alpha value is -1.57. The molecule has 1 saturated heterocycles. The number of nitrogens with zero attached hydrogens (tertiary/aromatic N) is 1. The van der Waals surface area contributed by atoms with E-state index in [1.807, 2.05) is 6.07 Å². The van der Waals surface area contributed by atoms with Gasteiger partial charge in [0, 0.05) is 0 Å². The van der Waals surface area contributed by atoms with Gasteiger partial charge in [0.2, 0.25) is 0 Å². The molecule has 1 fully saturated rings. The Labute approximate surface area is 94.0 Å². The molecule has 1 aromatic carbocycles. The molecule has 0 aromatic heterocycles. The van der Waals surface area contributed by atoms with E-state index in [0.29, 0.717) is 31.1 Å². The van der Waals surface area contributed by atoms with E-state index in [2.05, 4.69) is 6.07 Å². The van der Waals surface area contributed by atoms with E-state index in [0.717, 1.165) is 0 Å². The van der Waals surface area contributed by atoms with Crippen LogP contribution in [0, 0.1) is 16.7 Å². The van der Waals surface area contributed by atoms with Gasteiger partial charge in [0.05, 0.1) is 30.8 Å². The maximum absolute atomic E-state index is 9.22. The van der Waals surface area contributed by atoms with Crippen molar-refractivity contribution < 1.29 is 14.6 Å². The second kappa shape index (κ2) is 4.52. The van der Waals surface area contributed by atoms with Crippen molar-refractivity contribution in [2.75, 3.05) is 26.4 Å². The molecule has 84 valence electrons. The van der Waals surface area contributed by atoms with Crippen molar-refractivity contribution in [2.45, 2.75) is 0 Å². The number of benzene rings is 1. The highest BCUT2D eigenvalue weighted by Crippen LogP contribution is 2.28. The second-order valence-electron chi connectivity index (χ2n) is 4.05. The van der Waals surface area contributed by atoms with E-state index in [4.69, 9.17) is 14.7 Å². The van der Waals surface area contributed by atoms with Crippen LogP contribution in [0.15, 0.2) is 24.3 Å². The van der Waals surface area contributed by atoms with Gasteiger partial charge in [0.15, 0.2) is 0 Å². The van der Waals surface area contributed by atoms with Crippen LogP contribution in [0.25, 0.3) is 0 Å². The molecule has 0 atom stereocenters. The van der Waals surface area contributed by atoms with Gasteiger partial charge in [-0.3, -0.25) is 0 Å². The van der Waals surface area contributed by atoms with Crippen LogP contribution in [0.1, 0.15) is 5.56 Å². The molecule has 0 bridgehead atoms. The zero-order chi connectivity index (χ0) is 11.4. The van der Waals surface area contributed by atoms with Gasteiger partial charge in [0.25, 0.3) is 0 Å². The van der Waals surface area contributed by atoms with Gasteiger partial charge in [-0.15, -0.1) is 0 Å². The summed E-state index contributed by atoms with van der Waals surface area (Å²) in [6.45, 7) is 1.44. The van der Waals surface area contributed by atoms with Crippen LogP contribution >= 0.6 is 0 Å². The average molecular weight is 219 g/mol. The van der Waals surface area contributed by atoms with E-state index < -0.39 is 0 Å². The van der Waals surface area contributed by atoms with Crippen LogP contribution in [-0.4, -0.2) is 31.5 Å². The third-order valence-electron chi connectivity index (χ3n) is 2.69. The quantitative estimate of drug-likeness (QED) is 0.818. The fourth-order valence-electron chi connectivity index (χ4n) is 1.53. The lowest BCUT2D eigenvalue weighted by molar-refractivity contribution is -0.153. The first kappa shape index (κ1) is 10.9.